The minimum atomic E-state index is -0.807. The molecular formula is C12H20BBrClF. The second-order valence-electron chi connectivity index (χ2n) is 5.67. The number of rotatable bonds is 1. The molecule has 0 aromatic carbocycles. The van der Waals surface area contributed by atoms with Crippen LogP contribution in [-0.2, 0) is 0 Å². The first-order chi connectivity index (χ1) is 7.59. The van der Waals surface area contributed by atoms with E-state index in [2.05, 4.69) is 23.8 Å². The lowest BCUT2D eigenvalue weighted by atomic mass is 9.66. The zero-order valence-corrected chi connectivity index (χ0v) is 12.2. The molecule has 0 heterocycles. The second kappa shape index (κ2) is 5.60. The molecule has 0 radical (unpaired) electrons. The predicted octanol–water partition coefficient (Wildman–Crippen LogP) is 3.72. The van der Waals surface area contributed by atoms with E-state index in [0.717, 1.165) is 18.7 Å². The van der Waals surface area contributed by atoms with E-state index in [1.54, 1.807) is 0 Å². The lowest BCUT2D eigenvalue weighted by Gasteiger charge is -2.40. The van der Waals surface area contributed by atoms with E-state index in [-0.39, 0.29) is 16.1 Å². The van der Waals surface area contributed by atoms with Crippen LogP contribution >= 0.6 is 27.5 Å². The van der Waals surface area contributed by atoms with Gasteiger partial charge in [0, 0.05) is 4.83 Å². The van der Waals surface area contributed by atoms with E-state index in [9.17, 15) is 4.39 Å². The maximum Gasteiger partial charge on any atom is 0.121 e. The van der Waals surface area contributed by atoms with Crippen molar-refractivity contribution >= 4 is 35.4 Å². The summed E-state index contributed by atoms with van der Waals surface area (Å²) in [5.74, 6) is 1.66. The van der Waals surface area contributed by atoms with Gasteiger partial charge in [0.15, 0.2) is 0 Å². The van der Waals surface area contributed by atoms with Crippen LogP contribution in [0.4, 0.5) is 4.39 Å². The van der Waals surface area contributed by atoms with Gasteiger partial charge >= 0.3 is 0 Å². The highest BCUT2D eigenvalue weighted by molar-refractivity contribution is 9.09. The van der Waals surface area contributed by atoms with Crippen molar-refractivity contribution in [3.8, 4) is 0 Å². The van der Waals surface area contributed by atoms with Crippen molar-refractivity contribution in [1.82, 2.24) is 0 Å². The van der Waals surface area contributed by atoms with Gasteiger partial charge in [-0.2, -0.15) is 0 Å². The zero-order valence-electron chi connectivity index (χ0n) is 9.84. The van der Waals surface area contributed by atoms with E-state index in [0.29, 0.717) is 5.92 Å². The second-order valence-corrected chi connectivity index (χ2v) is 7.35. The van der Waals surface area contributed by atoms with Gasteiger partial charge in [-0.15, -0.1) is 11.6 Å². The Morgan fingerprint density at radius 1 is 1.06 bits per heavy atom. The first-order valence-corrected chi connectivity index (χ1v) is 7.87. The molecule has 2 rings (SSSR count). The number of hydrogen-bond donors (Lipinski definition) is 0. The quantitative estimate of drug-likeness (QED) is 0.511. The standard InChI is InChI=1S/C12H20BBrClF/c13-8-3-1-7(2-4-8)9-5-6-10(14)11(15)12(9)16/h7-12H,1-6,13H2. The van der Waals surface area contributed by atoms with Crippen molar-refractivity contribution in [2.75, 3.05) is 0 Å². The predicted molar refractivity (Wildman–Crippen MR) is 74.2 cm³/mol. The van der Waals surface area contributed by atoms with E-state index in [1.807, 2.05) is 0 Å². The van der Waals surface area contributed by atoms with Gasteiger partial charge in [0.25, 0.3) is 0 Å². The van der Waals surface area contributed by atoms with E-state index >= 15 is 0 Å². The summed E-state index contributed by atoms with van der Waals surface area (Å²) < 4.78 is 14.2. The molecule has 16 heavy (non-hydrogen) atoms. The zero-order chi connectivity index (χ0) is 11.7. The molecule has 4 atom stereocenters. The van der Waals surface area contributed by atoms with E-state index in [1.165, 1.54) is 25.7 Å². The van der Waals surface area contributed by atoms with Crippen LogP contribution in [0.2, 0.25) is 5.82 Å². The van der Waals surface area contributed by atoms with Crippen molar-refractivity contribution in [2.45, 2.75) is 60.7 Å². The third kappa shape index (κ3) is 2.77. The highest BCUT2D eigenvalue weighted by atomic mass is 79.9. The van der Waals surface area contributed by atoms with Gasteiger partial charge in [-0.25, -0.2) is 4.39 Å². The summed E-state index contributed by atoms with van der Waals surface area (Å²) in [5.41, 5.74) is 0. The number of alkyl halides is 3. The smallest absolute Gasteiger partial charge is 0.121 e. The Kier molecular flexibility index (Phi) is 4.62. The normalized spacial score (nSPS) is 50.2. The van der Waals surface area contributed by atoms with Crippen molar-refractivity contribution in [1.29, 1.82) is 0 Å². The molecule has 0 spiro atoms. The fourth-order valence-corrected chi connectivity index (χ4v) is 4.18. The summed E-state index contributed by atoms with van der Waals surface area (Å²) >= 11 is 9.62. The first-order valence-electron chi connectivity index (χ1n) is 6.51. The first kappa shape index (κ1) is 13.2. The molecule has 0 aliphatic heterocycles. The van der Waals surface area contributed by atoms with Crippen LogP contribution in [0, 0.1) is 11.8 Å². The Bertz CT molecular complexity index is 233. The van der Waals surface area contributed by atoms with Gasteiger partial charge in [-0.1, -0.05) is 47.4 Å². The largest absolute Gasteiger partial charge is 0.246 e. The number of hydrogen-bond acceptors (Lipinski definition) is 0. The summed E-state index contributed by atoms with van der Waals surface area (Å²) in [4.78, 5) is 0.169. The molecule has 0 N–H and O–H groups in total. The minimum Gasteiger partial charge on any atom is -0.246 e. The number of halogens is 3. The van der Waals surface area contributed by atoms with Crippen LogP contribution in [0.5, 0.6) is 0 Å². The van der Waals surface area contributed by atoms with Gasteiger partial charge in [-0.05, 0) is 24.7 Å². The lowest BCUT2D eigenvalue weighted by Crippen LogP contribution is -2.41. The highest BCUT2D eigenvalue weighted by Gasteiger charge is 2.41. The molecule has 0 bridgehead atoms. The van der Waals surface area contributed by atoms with Crippen molar-refractivity contribution in [3.05, 3.63) is 0 Å². The SMILES string of the molecule is BC1CCC(C2CCC(Br)C(Cl)C2F)CC1. The van der Waals surface area contributed by atoms with Crippen LogP contribution in [0.1, 0.15) is 38.5 Å². The molecule has 0 aromatic heterocycles. The Labute approximate surface area is 112 Å². The molecule has 92 valence electrons. The average Bonchev–Trinajstić information content (AvgIpc) is 2.28. The molecule has 2 aliphatic rings. The Morgan fingerprint density at radius 2 is 1.69 bits per heavy atom. The molecule has 0 nitrogen and oxygen atoms in total. The van der Waals surface area contributed by atoms with E-state index in [4.69, 9.17) is 11.6 Å². The Morgan fingerprint density at radius 3 is 2.31 bits per heavy atom. The van der Waals surface area contributed by atoms with Crippen molar-refractivity contribution in [3.63, 3.8) is 0 Å². The van der Waals surface area contributed by atoms with Gasteiger partial charge in [0.1, 0.15) is 14.0 Å². The molecule has 0 aromatic rings. The van der Waals surface area contributed by atoms with Crippen LogP contribution < -0.4 is 0 Å². The van der Waals surface area contributed by atoms with Crippen LogP contribution in [0.25, 0.3) is 0 Å². The lowest BCUT2D eigenvalue weighted by molar-refractivity contribution is 0.0989. The van der Waals surface area contributed by atoms with Crippen LogP contribution in [0.3, 0.4) is 0 Å². The third-order valence-electron chi connectivity index (χ3n) is 4.50. The molecular weight excluding hydrogens is 289 g/mol. The van der Waals surface area contributed by atoms with Crippen molar-refractivity contribution < 1.29 is 4.39 Å². The maximum atomic E-state index is 14.2. The van der Waals surface area contributed by atoms with E-state index < -0.39 is 6.17 Å². The van der Waals surface area contributed by atoms with Gasteiger partial charge in [-0.3, -0.25) is 0 Å². The summed E-state index contributed by atoms with van der Waals surface area (Å²) in [5, 5.41) is -0.321. The topological polar surface area (TPSA) is 0 Å². The summed E-state index contributed by atoms with van der Waals surface area (Å²) in [6, 6.07) is 0. The highest BCUT2D eigenvalue weighted by Crippen LogP contribution is 2.44. The summed E-state index contributed by atoms with van der Waals surface area (Å²) in [7, 11) is 2.31. The maximum absolute atomic E-state index is 14.2. The average molecular weight is 309 g/mol. The van der Waals surface area contributed by atoms with Crippen LogP contribution in [-0.4, -0.2) is 24.2 Å². The van der Waals surface area contributed by atoms with Gasteiger partial charge in [0.2, 0.25) is 0 Å². The molecule has 2 saturated carbocycles. The van der Waals surface area contributed by atoms with Gasteiger partial charge in [0.05, 0.1) is 5.38 Å². The Balaban J connectivity index is 1.94. The van der Waals surface area contributed by atoms with Crippen molar-refractivity contribution in [2.24, 2.45) is 11.8 Å². The van der Waals surface area contributed by atoms with Gasteiger partial charge < -0.3 is 0 Å². The Hall–Kier alpha value is 0.765. The summed E-state index contributed by atoms with van der Waals surface area (Å²) in [6.45, 7) is 0. The molecule has 4 heteroatoms. The molecule has 2 fully saturated rings. The monoisotopic (exact) mass is 308 g/mol. The summed E-state index contributed by atoms with van der Waals surface area (Å²) in [6.07, 6.45) is 6.21. The fourth-order valence-electron chi connectivity index (χ4n) is 3.32. The molecule has 0 saturated heterocycles. The molecule has 4 unspecified atom stereocenters. The fraction of sp³-hybridized carbons (Fsp3) is 1.00. The minimum absolute atomic E-state index is 0.169. The third-order valence-corrected chi connectivity index (χ3v) is 6.38. The molecule has 2 aliphatic carbocycles. The molecule has 0 amide bonds. The van der Waals surface area contributed by atoms with Crippen LogP contribution in [0.15, 0.2) is 0 Å².